The molecule has 0 radical (unpaired) electrons. The molecule has 27 heavy (non-hydrogen) atoms. The Morgan fingerprint density at radius 1 is 1.00 bits per heavy atom. The number of hydrogen-bond donors (Lipinski definition) is 0. The molecule has 0 aliphatic heterocycles. The van der Waals surface area contributed by atoms with Gasteiger partial charge in [-0.25, -0.2) is 0 Å². The zero-order valence-corrected chi connectivity index (χ0v) is 16.5. The summed E-state index contributed by atoms with van der Waals surface area (Å²) in [5.74, 6) is -0.227. The van der Waals surface area contributed by atoms with Crippen LogP contribution in [0.4, 0.5) is 0 Å². The molecule has 1 unspecified atom stereocenters. The van der Waals surface area contributed by atoms with Gasteiger partial charge in [0.15, 0.2) is 0 Å². The van der Waals surface area contributed by atoms with Crippen LogP contribution < -0.4 is 0 Å². The Hall–Kier alpha value is -2.62. The number of carbonyl (C=O) groups excluding carboxylic acids is 2. The van der Waals surface area contributed by atoms with E-state index in [-0.39, 0.29) is 24.3 Å². The van der Waals surface area contributed by atoms with E-state index >= 15 is 0 Å². The topological polar surface area (TPSA) is 46.6 Å². The van der Waals surface area contributed by atoms with Crippen molar-refractivity contribution in [3.05, 3.63) is 71.3 Å². The van der Waals surface area contributed by atoms with Gasteiger partial charge in [0.05, 0.1) is 19.6 Å². The van der Waals surface area contributed by atoms with Gasteiger partial charge >= 0.3 is 5.97 Å². The lowest BCUT2D eigenvalue weighted by Gasteiger charge is -2.29. The number of esters is 1. The van der Waals surface area contributed by atoms with Gasteiger partial charge < -0.3 is 9.64 Å². The molecule has 0 fully saturated rings. The highest BCUT2D eigenvalue weighted by molar-refractivity contribution is 5.77. The molecule has 0 aliphatic carbocycles. The fraction of sp³-hybridized carbons (Fsp3) is 0.391. The minimum absolute atomic E-state index is 0.0716. The Morgan fingerprint density at radius 3 is 2.30 bits per heavy atom. The standard InChI is InChI=1S/C23H29NO3/c1-18-12-14-20(15-13-18)8-7-11-22(25)24(17-16-23(26)27-3)19(2)21-9-5-4-6-10-21/h4-6,9-10,12-15,19H,7-8,11,16-17H2,1-3H3. The summed E-state index contributed by atoms with van der Waals surface area (Å²) in [6.07, 6.45) is 2.33. The minimum Gasteiger partial charge on any atom is -0.469 e. The number of nitrogens with zero attached hydrogens (tertiary/aromatic N) is 1. The van der Waals surface area contributed by atoms with Crippen molar-refractivity contribution in [1.29, 1.82) is 0 Å². The lowest BCUT2D eigenvalue weighted by Crippen LogP contribution is -2.35. The Labute approximate surface area is 162 Å². The number of carbonyl (C=O) groups is 2. The number of hydrogen-bond acceptors (Lipinski definition) is 3. The average Bonchev–Trinajstić information content (AvgIpc) is 2.70. The highest BCUT2D eigenvalue weighted by Crippen LogP contribution is 2.22. The molecule has 2 aromatic carbocycles. The van der Waals surface area contributed by atoms with E-state index < -0.39 is 0 Å². The molecule has 0 saturated carbocycles. The summed E-state index contributed by atoms with van der Waals surface area (Å²) < 4.78 is 4.74. The van der Waals surface area contributed by atoms with E-state index in [0.29, 0.717) is 13.0 Å². The smallest absolute Gasteiger partial charge is 0.307 e. The Morgan fingerprint density at radius 2 is 1.67 bits per heavy atom. The third kappa shape index (κ3) is 6.55. The van der Waals surface area contributed by atoms with Gasteiger partial charge in [-0.05, 0) is 37.8 Å². The maximum absolute atomic E-state index is 12.9. The number of aryl methyl sites for hydroxylation is 2. The van der Waals surface area contributed by atoms with E-state index in [9.17, 15) is 9.59 Å². The van der Waals surface area contributed by atoms with Crippen molar-refractivity contribution < 1.29 is 14.3 Å². The van der Waals surface area contributed by atoms with E-state index in [2.05, 4.69) is 31.2 Å². The lowest BCUT2D eigenvalue weighted by molar-refractivity contribution is -0.142. The summed E-state index contributed by atoms with van der Waals surface area (Å²) >= 11 is 0. The zero-order chi connectivity index (χ0) is 19.6. The van der Waals surface area contributed by atoms with Crippen molar-refractivity contribution in [2.24, 2.45) is 0 Å². The lowest BCUT2D eigenvalue weighted by atomic mass is 10.0. The second kappa shape index (κ2) is 10.5. The SMILES string of the molecule is COC(=O)CCN(C(=O)CCCc1ccc(C)cc1)C(C)c1ccccc1. The molecule has 2 aromatic rings. The van der Waals surface area contributed by atoms with E-state index in [1.807, 2.05) is 37.3 Å². The first kappa shape index (κ1) is 20.7. The molecule has 0 spiro atoms. The van der Waals surface area contributed by atoms with Gasteiger partial charge in [-0.1, -0.05) is 60.2 Å². The summed E-state index contributed by atoms with van der Waals surface area (Å²) in [5.41, 5.74) is 3.54. The Balaban J connectivity index is 1.98. The number of rotatable bonds is 9. The fourth-order valence-electron chi connectivity index (χ4n) is 3.10. The number of amides is 1. The molecular weight excluding hydrogens is 338 g/mol. The third-order valence-corrected chi connectivity index (χ3v) is 4.83. The fourth-order valence-corrected chi connectivity index (χ4v) is 3.10. The van der Waals surface area contributed by atoms with E-state index in [1.54, 1.807) is 4.90 Å². The molecule has 4 heteroatoms. The molecule has 0 heterocycles. The van der Waals surface area contributed by atoms with Crippen LogP contribution in [0.15, 0.2) is 54.6 Å². The van der Waals surface area contributed by atoms with Crippen molar-refractivity contribution in [2.45, 2.75) is 45.6 Å². The van der Waals surface area contributed by atoms with Crippen LogP contribution in [0.5, 0.6) is 0 Å². The Bertz CT molecular complexity index is 725. The summed E-state index contributed by atoms with van der Waals surface area (Å²) in [6, 6.07) is 18.2. The molecule has 1 atom stereocenters. The molecule has 1 amide bonds. The molecule has 144 valence electrons. The molecule has 0 aliphatic rings. The van der Waals surface area contributed by atoms with Crippen LogP contribution >= 0.6 is 0 Å². The van der Waals surface area contributed by atoms with Crippen LogP contribution in [0.2, 0.25) is 0 Å². The van der Waals surface area contributed by atoms with Crippen LogP contribution in [-0.2, 0) is 20.7 Å². The van der Waals surface area contributed by atoms with Crippen LogP contribution in [0.3, 0.4) is 0 Å². The number of benzene rings is 2. The summed E-state index contributed by atoms with van der Waals surface area (Å²) in [6.45, 7) is 4.44. The predicted octanol–water partition coefficient (Wildman–Crippen LogP) is 4.47. The molecule has 2 rings (SSSR count). The molecular formula is C23H29NO3. The molecule has 4 nitrogen and oxygen atoms in total. The normalized spacial score (nSPS) is 11.7. The summed E-state index contributed by atoms with van der Waals surface area (Å²) in [4.78, 5) is 26.2. The maximum Gasteiger partial charge on any atom is 0.307 e. The summed E-state index contributed by atoms with van der Waals surface area (Å²) in [7, 11) is 1.37. The number of ether oxygens (including phenoxy) is 1. The van der Waals surface area contributed by atoms with Crippen molar-refractivity contribution >= 4 is 11.9 Å². The van der Waals surface area contributed by atoms with Gasteiger partial charge in [-0.2, -0.15) is 0 Å². The largest absolute Gasteiger partial charge is 0.469 e. The maximum atomic E-state index is 12.9. The van der Waals surface area contributed by atoms with Crippen molar-refractivity contribution in [3.8, 4) is 0 Å². The van der Waals surface area contributed by atoms with Gasteiger partial charge in [-0.15, -0.1) is 0 Å². The monoisotopic (exact) mass is 367 g/mol. The summed E-state index contributed by atoms with van der Waals surface area (Å²) in [5, 5.41) is 0. The zero-order valence-electron chi connectivity index (χ0n) is 16.5. The van der Waals surface area contributed by atoms with E-state index in [0.717, 1.165) is 18.4 Å². The van der Waals surface area contributed by atoms with Gasteiger partial charge in [0.25, 0.3) is 0 Å². The minimum atomic E-state index is -0.298. The van der Waals surface area contributed by atoms with Gasteiger partial charge in [0, 0.05) is 13.0 Å². The first-order valence-corrected chi connectivity index (χ1v) is 9.48. The quantitative estimate of drug-likeness (QED) is 0.614. The first-order chi connectivity index (χ1) is 13.0. The molecule has 0 aromatic heterocycles. The van der Waals surface area contributed by atoms with Crippen molar-refractivity contribution in [3.63, 3.8) is 0 Å². The van der Waals surface area contributed by atoms with Gasteiger partial charge in [0.1, 0.15) is 0 Å². The van der Waals surface area contributed by atoms with Crippen molar-refractivity contribution in [1.82, 2.24) is 4.90 Å². The molecule has 0 saturated heterocycles. The predicted molar refractivity (Wildman–Crippen MR) is 107 cm³/mol. The second-order valence-corrected chi connectivity index (χ2v) is 6.84. The van der Waals surface area contributed by atoms with E-state index in [1.165, 1.54) is 18.2 Å². The number of methoxy groups -OCH3 is 1. The Kier molecular flexibility index (Phi) is 8.05. The second-order valence-electron chi connectivity index (χ2n) is 6.84. The molecule has 0 bridgehead atoms. The van der Waals surface area contributed by atoms with Crippen LogP contribution in [-0.4, -0.2) is 30.4 Å². The highest BCUT2D eigenvalue weighted by Gasteiger charge is 2.22. The van der Waals surface area contributed by atoms with Crippen LogP contribution in [0, 0.1) is 6.92 Å². The average molecular weight is 367 g/mol. The third-order valence-electron chi connectivity index (χ3n) is 4.83. The van der Waals surface area contributed by atoms with Crippen LogP contribution in [0.1, 0.15) is 48.9 Å². The van der Waals surface area contributed by atoms with Gasteiger partial charge in [0.2, 0.25) is 5.91 Å². The van der Waals surface area contributed by atoms with Crippen LogP contribution in [0.25, 0.3) is 0 Å². The molecule has 0 N–H and O–H groups in total. The van der Waals surface area contributed by atoms with Crippen molar-refractivity contribution in [2.75, 3.05) is 13.7 Å². The first-order valence-electron chi connectivity index (χ1n) is 9.48. The van der Waals surface area contributed by atoms with Gasteiger partial charge in [-0.3, -0.25) is 9.59 Å². The highest BCUT2D eigenvalue weighted by atomic mass is 16.5. The van der Waals surface area contributed by atoms with E-state index in [4.69, 9.17) is 4.74 Å².